The molecule has 0 saturated carbocycles. The first-order valence-electron chi connectivity index (χ1n) is 6.07. The van der Waals surface area contributed by atoms with E-state index in [1.54, 1.807) is 6.92 Å². The van der Waals surface area contributed by atoms with Crippen LogP contribution in [0, 0.1) is 0 Å². The van der Waals surface area contributed by atoms with E-state index in [9.17, 15) is 4.79 Å². The molecule has 1 aromatic heterocycles. The Kier molecular flexibility index (Phi) is 4.78. The molecule has 2 rings (SSSR count). The number of carbonyl (C=O) groups excluding carboxylic acids is 1. The van der Waals surface area contributed by atoms with Gasteiger partial charge in [0.05, 0.1) is 12.3 Å². The highest BCUT2D eigenvalue weighted by Crippen LogP contribution is 2.18. The van der Waals surface area contributed by atoms with Crippen LogP contribution in [0.3, 0.4) is 0 Å². The van der Waals surface area contributed by atoms with Crippen LogP contribution >= 0.6 is 11.5 Å². The van der Waals surface area contributed by atoms with Crippen LogP contribution in [0.4, 0.5) is 5.00 Å². The zero-order valence-electron chi connectivity index (χ0n) is 11.2. The highest BCUT2D eigenvalue weighted by Gasteiger charge is 2.17. The molecule has 1 aromatic carbocycles. The molecule has 6 nitrogen and oxygen atoms in total. The quantitative estimate of drug-likeness (QED) is 0.520. The lowest BCUT2D eigenvalue weighted by molar-refractivity contribution is 0.0520. The Morgan fingerprint density at radius 2 is 2.15 bits per heavy atom. The second kappa shape index (κ2) is 6.76. The Morgan fingerprint density at radius 1 is 1.40 bits per heavy atom. The molecule has 0 spiro atoms. The Balaban J connectivity index is 2.12. The molecule has 0 atom stereocenters. The second-order valence-electron chi connectivity index (χ2n) is 3.85. The van der Waals surface area contributed by atoms with E-state index < -0.39 is 5.97 Å². The summed E-state index contributed by atoms with van der Waals surface area (Å²) in [5.41, 5.74) is 4.76. The zero-order valence-corrected chi connectivity index (χ0v) is 12.0. The number of nitrogens with zero attached hydrogens (tertiary/aromatic N) is 3. The van der Waals surface area contributed by atoms with E-state index >= 15 is 0 Å². The van der Waals surface area contributed by atoms with Gasteiger partial charge in [-0.15, -0.1) is 5.10 Å². The van der Waals surface area contributed by atoms with Crippen LogP contribution in [0.2, 0.25) is 0 Å². The summed E-state index contributed by atoms with van der Waals surface area (Å²) in [5, 5.41) is 8.45. The molecule has 0 bridgehead atoms. The number of ether oxygens (including phenoxy) is 1. The summed E-state index contributed by atoms with van der Waals surface area (Å²) in [4.78, 5) is 11.6. The van der Waals surface area contributed by atoms with Gasteiger partial charge in [0.1, 0.15) is 0 Å². The maximum Gasteiger partial charge on any atom is 0.362 e. The van der Waals surface area contributed by atoms with E-state index in [-0.39, 0.29) is 5.69 Å². The minimum atomic E-state index is -0.503. The molecule has 2 aromatic rings. The van der Waals surface area contributed by atoms with Crippen molar-refractivity contribution in [3.63, 3.8) is 0 Å². The molecule has 1 N–H and O–H groups in total. The highest BCUT2D eigenvalue weighted by molar-refractivity contribution is 7.10. The van der Waals surface area contributed by atoms with Gasteiger partial charge in [-0.05, 0) is 19.4 Å². The van der Waals surface area contributed by atoms with Gasteiger partial charge >= 0.3 is 5.97 Å². The van der Waals surface area contributed by atoms with Gasteiger partial charge in [-0.3, -0.25) is 5.43 Å². The number of nitrogens with one attached hydrogen (secondary N) is 1. The third kappa shape index (κ3) is 3.39. The monoisotopic (exact) mass is 290 g/mol. The van der Waals surface area contributed by atoms with Gasteiger partial charge in [-0.25, -0.2) is 4.79 Å². The maximum atomic E-state index is 11.6. The van der Waals surface area contributed by atoms with Gasteiger partial charge in [-0.1, -0.05) is 34.8 Å². The number of carbonyl (C=O) groups is 1. The average Bonchev–Trinajstić information content (AvgIpc) is 2.94. The van der Waals surface area contributed by atoms with E-state index in [1.807, 2.05) is 37.3 Å². The van der Waals surface area contributed by atoms with Gasteiger partial charge in [0.25, 0.3) is 0 Å². The molecule has 7 heteroatoms. The third-order valence-corrected chi connectivity index (χ3v) is 3.10. The van der Waals surface area contributed by atoms with Crippen molar-refractivity contribution in [1.29, 1.82) is 0 Å². The molecular formula is C13H14N4O2S. The first kappa shape index (κ1) is 14.1. The fourth-order valence-corrected chi connectivity index (χ4v) is 1.98. The summed E-state index contributed by atoms with van der Waals surface area (Å²) in [6, 6.07) is 9.73. The normalized spacial score (nSPS) is 11.2. The Bertz CT molecular complexity index is 610. The molecule has 0 aliphatic heterocycles. The molecular weight excluding hydrogens is 276 g/mol. The lowest BCUT2D eigenvalue weighted by Crippen LogP contribution is -2.08. The molecule has 104 valence electrons. The van der Waals surface area contributed by atoms with E-state index in [0.29, 0.717) is 11.6 Å². The number of aromatic nitrogens is 2. The first-order valence-corrected chi connectivity index (χ1v) is 6.85. The van der Waals surface area contributed by atoms with Crippen molar-refractivity contribution >= 4 is 28.2 Å². The standard InChI is InChI=1S/C13H14N4O2S/c1-3-19-13(18)11-12(20-17-15-11)16-14-9(2)10-7-5-4-6-8-10/h4-8,16H,3H2,1-2H3/b14-9-. The number of hydrogen-bond donors (Lipinski definition) is 1. The lowest BCUT2D eigenvalue weighted by Gasteiger charge is -2.03. The van der Waals surface area contributed by atoms with Crippen LogP contribution in [-0.4, -0.2) is 27.9 Å². The third-order valence-electron chi connectivity index (χ3n) is 2.47. The molecule has 0 unspecified atom stereocenters. The molecule has 0 amide bonds. The van der Waals surface area contributed by atoms with E-state index in [0.717, 1.165) is 22.8 Å². The largest absolute Gasteiger partial charge is 0.461 e. The van der Waals surface area contributed by atoms with Crippen LogP contribution in [0.1, 0.15) is 29.9 Å². The first-order chi connectivity index (χ1) is 9.72. The van der Waals surface area contributed by atoms with Crippen molar-refractivity contribution in [1.82, 2.24) is 9.59 Å². The molecule has 1 heterocycles. The van der Waals surface area contributed by atoms with Crippen molar-refractivity contribution in [3.05, 3.63) is 41.6 Å². The summed E-state index contributed by atoms with van der Waals surface area (Å²) in [5.74, 6) is -0.503. The summed E-state index contributed by atoms with van der Waals surface area (Å²) in [7, 11) is 0. The predicted molar refractivity (Wildman–Crippen MR) is 78.1 cm³/mol. The van der Waals surface area contributed by atoms with Crippen molar-refractivity contribution in [3.8, 4) is 0 Å². The van der Waals surface area contributed by atoms with E-state index in [2.05, 4.69) is 20.1 Å². The molecule has 20 heavy (non-hydrogen) atoms. The van der Waals surface area contributed by atoms with Gasteiger partial charge in [-0.2, -0.15) is 5.10 Å². The number of rotatable bonds is 5. The smallest absolute Gasteiger partial charge is 0.362 e. The topological polar surface area (TPSA) is 76.5 Å². The number of esters is 1. The average molecular weight is 290 g/mol. The fraction of sp³-hybridized carbons (Fsp3) is 0.231. The SMILES string of the molecule is CCOC(=O)c1nnsc1N/N=C(/C)c1ccccc1. The lowest BCUT2D eigenvalue weighted by atomic mass is 10.1. The summed E-state index contributed by atoms with van der Waals surface area (Å²) in [6.07, 6.45) is 0. The molecule has 0 aliphatic rings. The van der Waals surface area contributed by atoms with Crippen molar-refractivity contribution < 1.29 is 9.53 Å². The zero-order chi connectivity index (χ0) is 14.4. The van der Waals surface area contributed by atoms with Gasteiger partial charge in [0.2, 0.25) is 5.69 Å². The van der Waals surface area contributed by atoms with Crippen molar-refractivity contribution in [2.45, 2.75) is 13.8 Å². The Morgan fingerprint density at radius 3 is 2.85 bits per heavy atom. The number of anilines is 1. The molecule has 0 aliphatic carbocycles. The van der Waals surface area contributed by atoms with Gasteiger partial charge < -0.3 is 4.74 Å². The van der Waals surface area contributed by atoms with Crippen LogP contribution in [-0.2, 0) is 4.74 Å². The van der Waals surface area contributed by atoms with E-state index in [4.69, 9.17) is 4.74 Å². The summed E-state index contributed by atoms with van der Waals surface area (Å²) < 4.78 is 8.63. The highest BCUT2D eigenvalue weighted by atomic mass is 32.1. The Hall–Kier alpha value is -2.28. The molecule has 0 radical (unpaired) electrons. The minimum absolute atomic E-state index is 0.154. The summed E-state index contributed by atoms with van der Waals surface area (Å²) >= 11 is 1.06. The van der Waals surface area contributed by atoms with Crippen LogP contribution in [0.15, 0.2) is 35.4 Å². The number of hydrazone groups is 1. The Labute approximate surface area is 120 Å². The van der Waals surface area contributed by atoms with Crippen LogP contribution < -0.4 is 5.43 Å². The van der Waals surface area contributed by atoms with Gasteiger partial charge in [0.15, 0.2) is 5.00 Å². The van der Waals surface area contributed by atoms with Crippen molar-refractivity contribution in [2.75, 3.05) is 12.0 Å². The molecule has 0 saturated heterocycles. The maximum absolute atomic E-state index is 11.6. The predicted octanol–water partition coefficient (Wildman–Crippen LogP) is 2.55. The second-order valence-corrected chi connectivity index (χ2v) is 4.60. The minimum Gasteiger partial charge on any atom is -0.461 e. The van der Waals surface area contributed by atoms with Gasteiger partial charge in [0, 0.05) is 11.5 Å². The van der Waals surface area contributed by atoms with E-state index in [1.165, 1.54) is 0 Å². The van der Waals surface area contributed by atoms with Crippen molar-refractivity contribution in [2.24, 2.45) is 5.10 Å². The fourth-order valence-electron chi connectivity index (χ4n) is 1.48. The van der Waals surface area contributed by atoms with Crippen LogP contribution in [0.5, 0.6) is 0 Å². The molecule has 0 fully saturated rings. The number of benzene rings is 1. The summed E-state index contributed by atoms with van der Waals surface area (Å²) in [6.45, 7) is 3.91. The number of hydrogen-bond acceptors (Lipinski definition) is 7. The van der Waals surface area contributed by atoms with Crippen LogP contribution in [0.25, 0.3) is 0 Å².